The van der Waals surface area contributed by atoms with Crippen LogP contribution < -0.4 is 5.32 Å². The Hall–Kier alpha value is -0.120. The first-order chi connectivity index (χ1) is 10.0. The van der Waals surface area contributed by atoms with Gasteiger partial charge in [0.25, 0.3) is 0 Å². The molecule has 0 aromatic heterocycles. The van der Waals surface area contributed by atoms with Crippen molar-refractivity contribution in [3.63, 3.8) is 0 Å². The van der Waals surface area contributed by atoms with E-state index in [4.69, 9.17) is 9.47 Å². The lowest BCUT2D eigenvalue weighted by Gasteiger charge is -2.60. The van der Waals surface area contributed by atoms with Crippen molar-refractivity contribution >= 4 is 0 Å². The van der Waals surface area contributed by atoms with Crippen LogP contribution in [0.25, 0.3) is 0 Å². The van der Waals surface area contributed by atoms with Gasteiger partial charge in [-0.05, 0) is 39.5 Å². The summed E-state index contributed by atoms with van der Waals surface area (Å²) < 4.78 is 11.9. The van der Waals surface area contributed by atoms with Gasteiger partial charge in [-0.3, -0.25) is 0 Å². The topological polar surface area (TPSA) is 30.5 Å². The average molecular weight is 295 g/mol. The maximum Gasteiger partial charge on any atom is 0.0661 e. The molecule has 0 bridgehead atoms. The van der Waals surface area contributed by atoms with Gasteiger partial charge >= 0.3 is 0 Å². The SMILES string of the molecule is CCOC1CC(NC2CC(OCC)C23CCCC3)C1(C)C. The standard InChI is InChI=1S/C18H33NO2/c1-5-20-15-11-13(17(15,3)4)19-14-12-16(21-6-2)18(14)9-7-8-10-18/h13-16,19H,5-12H2,1-4H3. The molecule has 0 aliphatic heterocycles. The first-order valence-corrected chi connectivity index (χ1v) is 9.04. The van der Waals surface area contributed by atoms with Gasteiger partial charge in [0.1, 0.15) is 0 Å². The zero-order valence-corrected chi connectivity index (χ0v) is 14.3. The Balaban J connectivity index is 1.59. The highest BCUT2D eigenvalue weighted by Gasteiger charge is 2.59. The van der Waals surface area contributed by atoms with Gasteiger partial charge in [-0.25, -0.2) is 0 Å². The predicted molar refractivity (Wildman–Crippen MR) is 85.5 cm³/mol. The van der Waals surface area contributed by atoms with Gasteiger partial charge < -0.3 is 14.8 Å². The van der Waals surface area contributed by atoms with Crippen LogP contribution in [0.1, 0.15) is 66.2 Å². The van der Waals surface area contributed by atoms with Crippen LogP contribution in [0.3, 0.4) is 0 Å². The molecule has 0 heterocycles. The second-order valence-corrected chi connectivity index (χ2v) is 7.89. The molecule has 1 N–H and O–H groups in total. The van der Waals surface area contributed by atoms with Crippen molar-refractivity contribution in [2.75, 3.05) is 13.2 Å². The molecule has 0 aromatic carbocycles. The van der Waals surface area contributed by atoms with E-state index in [0.717, 1.165) is 13.2 Å². The van der Waals surface area contributed by atoms with E-state index in [1.807, 2.05) is 0 Å². The molecule has 3 saturated carbocycles. The second kappa shape index (κ2) is 5.82. The van der Waals surface area contributed by atoms with Crippen molar-refractivity contribution in [1.82, 2.24) is 5.32 Å². The van der Waals surface area contributed by atoms with Crippen LogP contribution >= 0.6 is 0 Å². The molecule has 3 fully saturated rings. The van der Waals surface area contributed by atoms with Crippen molar-refractivity contribution in [2.24, 2.45) is 10.8 Å². The molecule has 21 heavy (non-hydrogen) atoms. The monoisotopic (exact) mass is 295 g/mol. The Morgan fingerprint density at radius 1 is 0.905 bits per heavy atom. The number of hydrogen-bond donors (Lipinski definition) is 1. The second-order valence-electron chi connectivity index (χ2n) is 7.89. The van der Waals surface area contributed by atoms with Gasteiger partial charge in [0, 0.05) is 36.1 Å². The first kappa shape index (κ1) is 15.8. The minimum absolute atomic E-state index is 0.270. The van der Waals surface area contributed by atoms with E-state index in [9.17, 15) is 0 Å². The summed E-state index contributed by atoms with van der Waals surface area (Å²) in [6, 6.07) is 1.28. The summed E-state index contributed by atoms with van der Waals surface area (Å²) >= 11 is 0. The lowest BCUT2D eigenvalue weighted by Crippen LogP contribution is -2.70. The molecule has 4 atom stereocenters. The molecule has 3 aliphatic carbocycles. The van der Waals surface area contributed by atoms with E-state index >= 15 is 0 Å². The first-order valence-electron chi connectivity index (χ1n) is 9.04. The minimum atomic E-state index is 0.270. The summed E-state index contributed by atoms with van der Waals surface area (Å²) in [6.45, 7) is 10.6. The fourth-order valence-electron chi connectivity index (χ4n) is 5.02. The van der Waals surface area contributed by atoms with Crippen LogP contribution in [-0.2, 0) is 9.47 Å². The summed E-state index contributed by atoms with van der Waals surface area (Å²) in [7, 11) is 0. The van der Waals surface area contributed by atoms with Crippen molar-refractivity contribution in [3.8, 4) is 0 Å². The summed E-state index contributed by atoms with van der Waals surface area (Å²) in [6.07, 6.45) is 8.81. The molecule has 0 amide bonds. The van der Waals surface area contributed by atoms with Crippen LogP contribution in [0.15, 0.2) is 0 Å². The summed E-state index contributed by atoms with van der Waals surface area (Å²) in [4.78, 5) is 0. The van der Waals surface area contributed by atoms with Crippen molar-refractivity contribution < 1.29 is 9.47 Å². The zero-order chi connectivity index (χ0) is 15.1. The highest BCUT2D eigenvalue weighted by atomic mass is 16.5. The molecule has 3 rings (SSSR count). The number of nitrogens with one attached hydrogen (secondary N) is 1. The van der Waals surface area contributed by atoms with Gasteiger partial charge in [0.15, 0.2) is 0 Å². The molecule has 3 heteroatoms. The van der Waals surface area contributed by atoms with Gasteiger partial charge in [-0.2, -0.15) is 0 Å². The van der Waals surface area contributed by atoms with E-state index in [0.29, 0.717) is 29.7 Å². The Morgan fingerprint density at radius 3 is 2.05 bits per heavy atom. The number of ether oxygens (including phenoxy) is 2. The zero-order valence-electron chi connectivity index (χ0n) is 14.3. The molecule has 4 unspecified atom stereocenters. The molecule has 0 radical (unpaired) electrons. The maximum absolute atomic E-state index is 6.03. The fraction of sp³-hybridized carbons (Fsp3) is 1.00. The van der Waals surface area contributed by atoms with E-state index in [2.05, 4.69) is 33.0 Å². The summed E-state index contributed by atoms with van der Waals surface area (Å²) in [5.74, 6) is 0. The molecule has 0 saturated heterocycles. The highest BCUT2D eigenvalue weighted by Crippen LogP contribution is 2.56. The van der Waals surface area contributed by atoms with Gasteiger partial charge in [0.2, 0.25) is 0 Å². The highest BCUT2D eigenvalue weighted by molar-refractivity contribution is 5.13. The van der Waals surface area contributed by atoms with Crippen LogP contribution in [-0.4, -0.2) is 37.5 Å². The van der Waals surface area contributed by atoms with Gasteiger partial charge in [-0.15, -0.1) is 0 Å². The van der Waals surface area contributed by atoms with Crippen molar-refractivity contribution in [1.29, 1.82) is 0 Å². The summed E-state index contributed by atoms with van der Waals surface area (Å²) in [5.41, 5.74) is 0.718. The molecule has 3 aliphatic rings. The Morgan fingerprint density at radius 2 is 1.48 bits per heavy atom. The van der Waals surface area contributed by atoms with Crippen molar-refractivity contribution in [3.05, 3.63) is 0 Å². The molecule has 1 spiro atoms. The number of rotatable bonds is 6. The van der Waals surface area contributed by atoms with Gasteiger partial charge in [0.05, 0.1) is 12.2 Å². The molecule has 0 aromatic rings. The molecular weight excluding hydrogens is 262 g/mol. The lowest BCUT2D eigenvalue weighted by atomic mass is 9.58. The van der Waals surface area contributed by atoms with Gasteiger partial charge in [-0.1, -0.05) is 26.7 Å². The van der Waals surface area contributed by atoms with Crippen molar-refractivity contribution in [2.45, 2.75) is 90.5 Å². The third-order valence-corrected chi connectivity index (χ3v) is 6.64. The van der Waals surface area contributed by atoms with E-state index in [1.165, 1.54) is 38.5 Å². The quantitative estimate of drug-likeness (QED) is 0.813. The lowest BCUT2D eigenvalue weighted by molar-refractivity contribution is -0.160. The third-order valence-electron chi connectivity index (χ3n) is 6.64. The predicted octanol–water partition coefficient (Wildman–Crippen LogP) is 3.52. The Bertz CT molecular complexity index is 362. The maximum atomic E-state index is 6.03. The third kappa shape index (κ3) is 2.46. The largest absolute Gasteiger partial charge is 0.378 e. The summed E-state index contributed by atoms with van der Waals surface area (Å²) in [5, 5.41) is 3.99. The Labute approximate surface area is 130 Å². The van der Waals surface area contributed by atoms with Crippen LogP contribution in [0.2, 0.25) is 0 Å². The Kier molecular flexibility index (Phi) is 4.37. The van der Waals surface area contributed by atoms with E-state index in [-0.39, 0.29) is 5.41 Å². The molecule has 122 valence electrons. The molecule has 3 nitrogen and oxygen atoms in total. The van der Waals surface area contributed by atoms with Crippen LogP contribution in [0.4, 0.5) is 0 Å². The average Bonchev–Trinajstić information content (AvgIpc) is 2.96. The van der Waals surface area contributed by atoms with Crippen LogP contribution in [0.5, 0.6) is 0 Å². The minimum Gasteiger partial charge on any atom is -0.378 e. The molecular formula is C18H33NO2. The van der Waals surface area contributed by atoms with E-state index < -0.39 is 0 Å². The number of hydrogen-bond acceptors (Lipinski definition) is 3. The fourth-order valence-corrected chi connectivity index (χ4v) is 5.02. The van der Waals surface area contributed by atoms with E-state index in [1.54, 1.807) is 0 Å². The smallest absolute Gasteiger partial charge is 0.0661 e. The normalized spacial score (nSPS) is 40.0. The van der Waals surface area contributed by atoms with Crippen LogP contribution in [0, 0.1) is 10.8 Å².